The summed E-state index contributed by atoms with van der Waals surface area (Å²) in [5.74, 6) is 1.34. The predicted molar refractivity (Wildman–Crippen MR) is 76.2 cm³/mol. The van der Waals surface area contributed by atoms with Crippen LogP contribution in [0.25, 0.3) is 0 Å². The van der Waals surface area contributed by atoms with E-state index in [1.165, 1.54) is 25.7 Å². The van der Waals surface area contributed by atoms with Crippen LogP contribution in [0.5, 0.6) is 0 Å². The summed E-state index contributed by atoms with van der Waals surface area (Å²) in [7, 11) is 2.02. The van der Waals surface area contributed by atoms with Crippen LogP contribution in [0.3, 0.4) is 0 Å². The first-order chi connectivity index (χ1) is 8.53. The summed E-state index contributed by atoms with van der Waals surface area (Å²) >= 11 is 0. The largest absolute Gasteiger partial charge is 0.383 e. The van der Waals surface area contributed by atoms with Crippen LogP contribution in [0.1, 0.15) is 51.1 Å². The predicted octanol–water partition coefficient (Wildman–Crippen LogP) is 3.14. The summed E-state index contributed by atoms with van der Waals surface area (Å²) in [6, 6.07) is 4.42. The van der Waals surface area contributed by atoms with Crippen molar-refractivity contribution in [3.8, 4) is 0 Å². The molecule has 1 aromatic heterocycles. The van der Waals surface area contributed by atoms with E-state index >= 15 is 0 Å². The summed E-state index contributed by atoms with van der Waals surface area (Å²) in [4.78, 5) is 4.21. The van der Waals surface area contributed by atoms with Crippen molar-refractivity contribution in [2.75, 3.05) is 12.8 Å². The summed E-state index contributed by atoms with van der Waals surface area (Å²) < 4.78 is 0. The fraction of sp³-hybridized carbons (Fsp3) is 0.667. The number of rotatable bonds is 3. The molecule has 0 radical (unpaired) electrons. The summed E-state index contributed by atoms with van der Waals surface area (Å²) in [6.07, 6.45) is 6.90. The molecule has 1 aliphatic carbocycles. The van der Waals surface area contributed by atoms with Crippen LogP contribution in [-0.2, 0) is 0 Å². The van der Waals surface area contributed by atoms with Crippen molar-refractivity contribution in [1.82, 2.24) is 10.3 Å². The van der Waals surface area contributed by atoms with E-state index in [2.05, 4.69) is 30.2 Å². The average Bonchev–Trinajstić information content (AvgIpc) is 2.34. The molecule has 1 heterocycles. The molecule has 0 saturated heterocycles. The fourth-order valence-electron chi connectivity index (χ4n) is 3.09. The topological polar surface area (TPSA) is 50.9 Å². The normalized spacial score (nSPS) is 21.7. The molecule has 100 valence electrons. The molecule has 18 heavy (non-hydrogen) atoms. The number of nitrogens with zero attached hydrogens (tertiary/aromatic N) is 1. The molecular weight excluding hydrogens is 222 g/mol. The lowest BCUT2D eigenvalue weighted by Gasteiger charge is -2.38. The minimum absolute atomic E-state index is 0.342. The van der Waals surface area contributed by atoms with Gasteiger partial charge in [0.05, 0.1) is 0 Å². The van der Waals surface area contributed by atoms with Crippen LogP contribution >= 0.6 is 0 Å². The van der Waals surface area contributed by atoms with E-state index in [4.69, 9.17) is 5.73 Å². The van der Waals surface area contributed by atoms with Crippen molar-refractivity contribution < 1.29 is 0 Å². The van der Waals surface area contributed by atoms with Crippen molar-refractivity contribution in [2.45, 2.75) is 45.6 Å². The van der Waals surface area contributed by atoms with Crippen molar-refractivity contribution in [2.24, 2.45) is 11.3 Å². The highest BCUT2D eigenvalue weighted by Crippen LogP contribution is 2.43. The van der Waals surface area contributed by atoms with Crippen molar-refractivity contribution >= 4 is 5.82 Å². The van der Waals surface area contributed by atoms with E-state index in [0.29, 0.717) is 23.2 Å². The van der Waals surface area contributed by atoms with E-state index in [-0.39, 0.29) is 0 Å². The Labute approximate surface area is 110 Å². The Morgan fingerprint density at radius 2 is 2.06 bits per heavy atom. The molecule has 0 aliphatic heterocycles. The minimum Gasteiger partial charge on any atom is -0.383 e. The number of nitrogens with two attached hydrogens (primary N) is 1. The maximum absolute atomic E-state index is 6.01. The van der Waals surface area contributed by atoms with Crippen LogP contribution in [-0.4, -0.2) is 12.0 Å². The molecule has 1 fully saturated rings. The first-order valence-corrected chi connectivity index (χ1v) is 6.91. The molecule has 3 heteroatoms. The standard InChI is InChI=1S/C15H25N3/c1-15(2)8-6-11(7-9-15)13(17-3)12-5-4-10-18-14(12)16/h4-5,10-11,13,17H,6-9H2,1-3H3,(H2,16,18). The number of hydrogen-bond acceptors (Lipinski definition) is 3. The SMILES string of the molecule is CNC(c1cccnc1N)C1CCC(C)(C)CC1. The summed E-state index contributed by atoms with van der Waals surface area (Å²) in [5.41, 5.74) is 7.67. The van der Waals surface area contributed by atoms with Crippen molar-refractivity contribution in [3.05, 3.63) is 23.9 Å². The van der Waals surface area contributed by atoms with Gasteiger partial charge in [0.25, 0.3) is 0 Å². The maximum Gasteiger partial charge on any atom is 0.128 e. The molecule has 3 nitrogen and oxygen atoms in total. The van der Waals surface area contributed by atoms with E-state index in [1.807, 2.05) is 13.1 Å². The number of nitrogen functional groups attached to an aromatic ring is 1. The molecule has 1 aromatic rings. The second kappa shape index (κ2) is 5.27. The van der Waals surface area contributed by atoms with E-state index in [1.54, 1.807) is 6.20 Å². The first kappa shape index (κ1) is 13.3. The zero-order valence-electron chi connectivity index (χ0n) is 11.7. The Balaban J connectivity index is 2.13. The van der Waals surface area contributed by atoms with Crippen LogP contribution in [0, 0.1) is 11.3 Å². The number of aromatic nitrogens is 1. The van der Waals surface area contributed by atoms with E-state index < -0.39 is 0 Å². The Bertz CT molecular complexity index is 390. The lowest BCUT2D eigenvalue weighted by molar-refractivity contribution is 0.164. The third-order valence-corrected chi connectivity index (χ3v) is 4.37. The Morgan fingerprint density at radius 1 is 1.39 bits per heavy atom. The summed E-state index contributed by atoms with van der Waals surface area (Å²) in [5, 5.41) is 3.44. The number of pyridine rings is 1. The first-order valence-electron chi connectivity index (χ1n) is 6.91. The maximum atomic E-state index is 6.01. The van der Waals surface area contributed by atoms with Gasteiger partial charge in [0.15, 0.2) is 0 Å². The number of hydrogen-bond donors (Lipinski definition) is 2. The van der Waals surface area contributed by atoms with Gasteiger partial charge in [-0.1, -0.05) is 19.9 Å². The second-order valence-corrected chi connectivity index (χ2v) is 6.25. The highest BCUT2D eigenvalue weighted by atomic mass is 14.9. The third kappa shape index (κ3) is 2.83. The molecule has 0 aromatic carbocycles. The van der Waals surface area contributed by atoms with Gasteiger partial charge in [-0.05, 0) is 50.1 Å². The van der Waals surface area contributed by atoms with Crippen LogP contribution in [0.15, 0.2) is 18.3 Å². The van der Waals surface area contributed by atoms with Crippen molar-refractivity contribution in [3.63, 3.8) is 0 Å². The highest BCUT2D eigenvalue weighted by Gasteiger charge is 2.32. The van der Waals surface area contributed by atoms with Gasteiger partial charge in [-0.2, -0.15) is 0 Å². The van der Waals surface area contributed by atoms with Gasteiger partial charge >= 0.3 is 0 Å². The number of anilines is 1. The molecule has 0 amide bonds. The lowest BCUT2D eigenvalue weighted by atomic mass is 9.70. The van der Waals surface area contributed by atoms with Gasteiger partial charge in [-0.3, -0.25) is 0 Å². The van der Waals surface area contributed by atoms with Crippen molar-refractivity contribution in [1.29, 1.82) is 0 Å². The zero-order valence-corrected chi connectivity index (χ0v) is 11.7. The number of nitrogens with one attached hydrogen (secondary N) is 1. The molecule has 1 atom stereocenters. The van der Waals surface area contributed by atoms with E-state index in [0.717, 1.165) is 5.56 Å². The van der Waals surface area contributed by atoms with E-state index in [9.17, 15) is 0 Å². The fourth-order valence-corrected chi connectivity index (χ4v) is 3.09. The van der Waals surface area contributed by atoms with Gasteiger partial charge in [-0.15, -0.1) is 0 Å². The van der Waals surface area contributed by atoms with Crippen LogP contribution < -0.4 is 11.1 Å². The quantitative estimate of drug-likeness (QED) is 0.862. The summed E-state index contributed by atoms with van der Waals surface area (Å²) in [6.45, 7) is 4.74. The minimum atomic E-state index is 0.342. The van der Waals surface area contributed by atoms with Gasteiger partial charge < -0.3 is 11.1 Å². The van der Waals surface area contributed by atoms with Gasteiger partial charge in [0, 0.05) is 17.8 Å². The Morgan fingerprint density at radius 3 is 2.61 bits per heavy atom. The monoisotopic (exact) mass is 247 g/mol. The third-order valence-electron chi connectivity index (χ3n) is 4.37. The molecule has 1 unspecified atom stereocenters. The van der Waals surface area contributed by atoms with Gasteiger partial charge in [-0.25, -0.2) is 4.98 Å². The second-order valence-electron chi connectivity index (χ2n) is 6.25. The van der Waals surface area contributed by atoms with Crippen LogP contribution in [0.2, 0.25) is 0 Å². The molecule has 0 bridgehead atoms. The molecule has 1 aliphatic rings. The van der Waals surface area contributed by atoms with Crippen LogP contribution in [0.4, 0.5) is 5.82 Å². The van der Waals surface area contributed by atoms with Gasteiger partial charge in [0.1, 0.15) is 5.82 Å². The molecule has 1 saturated carbocycles. The molecule has 2 rings (SSSR count). The Kier molecular flexibility index (Phi) is 3.91. The highest BCUT2D eigenvalue weighted by molar-refractivity contribution is 5.41. The average molecular weight is 247 g/mol. The molecule has 0 spiro atoms. The zero-order chi connectivity index (χ0) is 13.2. The molecule has 3 N–H and O–H groups in total. The smallest absolute Gasteiger partial charge is 0.128 e. The van der Waals surface area contributed by atoms with Gasteiger partial charge in [0.2, 0.25) is 0 Å². The lowest BCUT2D eigenvalue weighted by Crippen LogP contribution is -2.31. The Hall–Kier alpha value is -1.09. The molecular formula is C15H25N3.